The first-order chi connectivity index (χ1) is 7.74. The van der Waals surface area contributed by atoms with Crippen LogP contribution in [0, 0.1) is 0 Å². The van der Waals surface area contributed by atoms with Crippen LogP contribution in [0.15, 0.2) is 18.2 Å². The third kappa shape index (κ3) is 4.90. The van der Waals surface area contributed by atoms with E-state index in [0.29, 0.717) is 0 Å². The van der Waals surface area contributed by atoms with Crippen LogP contribution in [-0.2, 0) is 24.1 Å². The molecule has 0 spiro atoms. The molecule has 0 N–H and O–H groups in total. The van der Waals surface area contributed by atoms with Gasteiger partial charge in [-0.15, -0.1) is 0 Å². The second-order valence-electron chi connectivity index (χ2n) is 3.48. The summed E-state index contributed by atoms with van der Waals surface area (Å²) in [5.74, 6) is 0. The predicted octanol–water partition coefficient (Wildman–Crippen LogP) is 4.13. The average Bonchev–Trinajstić information content (AvgIpc) is 2.37. The first-order valence-electron chi connectivity index (χ1n) is 5.87. The molecule has 0 aromatic heterocycles. The Morgan fingerprint density at radius 1 is 1.06 bits per heavy atom. The maximum absolute atomic E-state index is 9.16. The van der Waals surface area contributed by atoms with Gasteiger partial charge in [-0.25, -0.2) is 0 Å². The van der Waals surface area contributed by atoms with Crippen LogP contribution >= 0.6 is 8.58 Å². The molecule has 0 bridgehead atoms. The Balaban J connectivity index is 0.000000487. The lowest BCUT2D eigenvalue weighted by Gasteiger charge is -2.10. The normalized spacial score (nSPS) is 10.0. The van der Waals surface area contributed by atoms with Gasteiger partial charge in [-0.2, -0.15) is 0 Å². The predicted molar refractivity (Wildman–Crippen MR) is 74.2 cm³/mol. The van der Waals surface area contributed by atoms with Gasteiger partial charge in [0.1, 0.15) is 6.03 Å². The van der Waals surface area contributed by atoms with Gasteiger partial charge < -0.3 is 0 Å². The fraction of sp³-hybridized carbons (Fsp3) is 0.500. The van der Waals surface area contributed by atoms with Gasteiger partial charge in [-0.1, -0.05) is 39.0 Å². The molecule has 2 heteroatoms. The quantitative estimate of drug-likeness (QED) is 0.568. The maximum atomic E-state index is 9.16. The topological polar surface area (TPSA) is 17.1 Å². The van der Waals surface area contributed by atoms with Crippen molar-refractivity contribution in [1.29, 1.82) is 0 Å². The van der Waals surface area contributed by atoms with Crippen LogP contribution in [0.1, 0.15) is 37.5 Å². The van der Waals surface area contributed by atoms with Crippen LogP contribution in [-0.4, -0.2) is 12.7 Å². The Hall–Kier alpha value is -0.680. The molecule has 16 heavy (non-hydrogen) atoms. The molecule has 1 rings (SSSR count). The Kier molecular flexibility index (Phi) is 9.13. The van der Waals surface area contributed by atoms with Gasteiger partial charge in [0.2, 0.25) is 0 Å². The first-order valence-corrected chi connectivity index (χ1v) is 7.28. The summed E-state index contributed by atoms with van der Waals surface area (Å²) in [6, 6.07) is 7.52. The zero-order valence-corrected chi connectivity index (χ0v) is 11.7. The van der Waals surface area contributed by atoms with E-state index < -0.39 is 0 Å². The number of aryl methyl sites for hydroxylation is 2. The zero-order valence-electron chi connectivity index (χ0n) is 10.8. The molecule has 1 aromatic rings. The van der Waals surface area contributed by atoms with E-state index in [1.165, 1.54) is 17.5 Å². The van der Waals surface area contributed by atoms with Crippen molar-refractivity contribution < 1.29 is 4.79 Å². The molecular formula is C14H22OP. The van der Waals surface area contributed by atoms with Crippen molar-refractivity contribution in [3.63, 3.8) is 0 Å². The van der Waals surface area contributed by atoms with E-state index in [0.717, 1.165) is 27.4 Å². The maximum Gasteiger partial charge on any atom is 0.146 e. The molecule has 0 heterocycles. The highest BCUT2D eigenvalue weighted by Crippen LogP contribution is 2.16. The van der Waals surface area contributed by atoms with E-state index in [1.54, 1.807) is 12.2 Å². The van der Waals surface area contributed by atoms with E-state index >= 15 is 0 Å². The smallest absolute Gasteiger partial charge is 0.146 e. The fourth-order valence-corrected chi connectivity index (χ4v) is 1.80. The minimum Gasteiger partial charge on any atom is -0.298 e. The van der Waals surface area contributed by atoms with Gasteiger partial charge in [0.15, 0.2) is 0 Å². The SMILES string of the molecule is CCc1cccc(CC)c1CC.C[P]C=O. The summed E-state index contributed by atoms with van der Waals surface area (Å²) in [5.41, 5.74) is 4.62. The molecule has 0 saturated carbocycles. The largest absolute Gasteiger partial charge is 0.298 e. The van der Waals surface area contributed by atoms with Crippen LogP contribution in [0.2, 0.25) is 0 Å². The van der Waals surface area contributed by atoms with Gasteiger partial charge in [0.25, 0.3) is 0 Å². The summed E-state index contributed by atoms with van der Waals surface area (Å²) >= 11 is 0. The standard InChI is InChI=1S/C12H18.C2H4OP/c1-4-10-8-7-9-11(5-2)12(10)6-3;1-4-2-3/h7-9H,4-6H2,1-3H3;2H,1H3. The van der Waals surface area contributed by atoms with Crippen molar-refractivity contribution in [2.24, 2.45) is 0 Å². The second kappa shape index (κ2) is 9.54. The second-order valence-corrected chi connectivity index (χ2v) is 4.21. The van der Waals surface area contributed by atoms with Crippen molar-refractivity contribution in [3.05, 3.63) is 34.9 Å². The molecule has 0 amide bonds. The van der Waals surface area contributed by atoms with E-state index in [2.05, 4.69) is 39.0 Å². The van der Waals surface area contributed by atoms with Gasteiger partial charge in [0, 0.05) is 0 Å². The van der Waals surface area contributed by atoms with Crippen molar-refractivity contribution >= 4 is 14.6 Å². The van der Waals surface area contributed by atoms with Crippen LogP contribution < -0.4 is 0 Å². The van der Waals surface area contributed by atoms with E-state index in [-0.39, 0.29) is 0 Å². The molecule has 1 aromatic carbocycles. The van der Waals surface area contributed by atoms with Gasteiger partial charge in [-0.3, -0.25) is 4.79 Å². The van der Waals surface area contributed by atoms with Gasteiger partial charge in [0.05, 0.1) is 0 Å². The van der Waals surface area contributed by atoms with Crippen LogP contribution in [0.5, 0.6) is 0 Å². The summed E-state index contributed by atoms with van der Waals surface area (Å²) in [6.45, 7) is 8.49. The highest BCUT2D eigenvalue weighted by atomic mass is 31.1. The molecule has 0 saturated heterocycles. The Morgan fingerprint density at radius 3 is 1.75 bits per heavy atom. The number of benzene rings is 1. The number of carbonyl (C=O) groups is 1. The lowest BCUT2D eigenvalue weighted by atomic mass is 9.96. The molecule has 0 aliphatic rings. The van der Waals surface area contributed by atoms with E-state index in [1.807, 2.05) is 0 Å². The Bertz CT molecular complexity index is 285. The van der Waals surface area contributed by atoms with Crippen molar-refractivity contribution in [2.45, 2.75) is 40.0 Å². The summed E-state index contributed by atoms with van der Waals surface area (Å²) < 4.78 is 0. The monoisotopic (exact) mass is 237 g/mol. The minimum absolute atomic E-state index is 0.818. The van der Waals surface area contributed by atoms with Crippen molar-refractivity contribution in [1.82, 2.24) is 0 Å². The Morgan fingerprint density at radius 2 is 1.50 bits per heavy atom. The van der Waals surface area contributed by atoms with E-state index in [9.17, 15) is 0 Å². The number of carbonyl (C=O) groups excluding carboxylic acids is 1. The molecule has 1 nitrogen and oxygen atoms in total. The molecule has 0 aliphatic heterocycles. The van der Waals surface area contributed by atoms with Crippen LogP contribution in [0.3, 0.4) is 0 Å². The highest BCUT2D eigenvalue weighted by Gasteiger charge is 2.02. The molecule has 0 unspecified atom stereocenters. The highest BCUT2D eigenvalue weighted by molar-refractivity contribution is 7.54. The first kappa shape index (κ1) is 15.3. The number of hydrogen-bond acceptors (Lipinski definition) is 1. The molecule has 0 atom stereocenters. The average molecular weight is 237 g/mol. The summed E-state index contributed by atoms with van der Waals surface area (Å²) in [7, 11) is 0.818. The molecule has 0 fully saturated rings. The van der Waals surface area contributed by atoms with E-state index in [4.69, 9.17) is 4.79 Å². The van der Waals surface area contributed by atoms with Crippen LogP contribution in [0.25, 0.3) is 0 Å². The lowest BCUT2D eigenvalue weighted by Crippen LogP contribution is -1.96. The molecule has 89 valence electrons. The molecule has 1 radical (unpaired) electrons. The summed E-state index contributed by atoms with van der Waals surface area (Å²) in [6.07, 6.45) is 3.50. The molecular weight excluding hydrogens is 215 g/mol. The zero-order chi connectivity index (χ0) is 12.4. The third-order valence-corrected chi connectivity index (χ3v) is 2.80. The summed E-state index contributed by atoms with van der Waals surface area (Å²) in [4.78, 5) is 9.16. The van der Waals surface area contributed by atoms with Gasteiger partial charge >= 0.3 is 0 Å². The number of hydrogen-bond donors (Lipinski definition) is 0. The fourth-order valence-electron chi connectivity index (χ4n) is 1.80. The van der Waals surface area contributed by atoms with Gasteiger partial charge in [-0.05, 0) is 51.2 Å². The van der Waals surface area contributed by atoms with Crippen molar-refractivity contribution in [2.75, 3.05) is 6.66 Å². The Labute approximate surface area is 101 Å². The lowest BCUT2D eigenvalue weighted by molar-refractivity contribution is 0.569. The number of rotatable bonds is 4. The third-order valence-electron chi connectivity index (χ3n) is 2.59. The molecule has 0 aliphatic carbocycles. The summed E-state index contributed by atoms with van der Waals surface area (Å²) in [5, 5.41) is 0. The minimum atomic E-state index is 0.818. The van der Waals surface area contributed by atoms with Crippen LogP contribution in [0.4, 0.5) is 0 Å². The van der Waals surface area contributed by atoms with Crippen molar-refractivity contribution in [3.8, 4) is 0 Å².